The number of esters is 1. The molecule has 11 nitrogen and oxygen atoms in total. The minimum absolute atomic E-state index is 0.0252. The summed E-state index contributed by atoms with van der Waals surface area (Å²) in [6.45, 7) is 0.451. The molecular weight excluding hydrogens is 540 g/mol. The number of fused-ring (bicyclic) bond motifs is 1. The average Bonchev–Trinajstić information content (AvgIpc) is 3.26. The molecule has 3 aliphatic heterocycles. The number of cyclic esters (lactones) is 1. The van der Waals surface area contributed by atoms with Crippen molar-refractivity contribution in [2.45, 2.75) is 63.1 Å². The first-order valence-electron chi connectivity index (χ1n) is 13.2. The summed E-state index contributed by atoms with van der Waals surface area (Å²) in [6, 6.07) is 12.8. The summed E-state index contributed by atoms with van der Waals surface area (Å²) in [5.74, 6) is -2.44. The maximum absolute atomic E-state index is 13.7. The van der Waals surface area contributed by atoms with E-state index >= 15 is 0 Å². The van der Waals surface area contributed by atoms with Crippen molar-refractivity contribution in [3.8, 4) is 0 Å². The Bertz CT molecular complexity index is 1310. The number of amides is 4. The number of nitrogens with one attached hydrogen (secondary N) is 2. The van der Waals surface area contributed by atoms with Crippen LogP contribution >= 0.6 is 11.6 Å². The number of benzene rings is 2. The highest BCUT2D eigenvalue weighted by atomic mass is 35.5. The van der Waals surface area contributed by atoms with Crippen LogP contribution in [0.2, 0.25) is 5.02 Å². The van der Waals surface area contributed by atoms with Crippen molar-refractivity contribution in [3.05, 3.63) is 70.7 Å². The molecule has 3 saturated heterocycles. The maximum atomic E-state index is 13.7. The molecule has 3 fully saturated rings. The fourth-order valence-corrected chi connectivity index (χ4v) is 5.30. The Morgan fingerprint density at radius 3 is 2.60 bits per heavy atom. The van der Waals surface area contributed by atoms with Crippen molar-refractivity contribution >= 4 is 41.2 Å². The van der Waals surface area contributed by atoms with E-state index in [1.54, 1.807) is 18.2 Å². The number of rotatable bonds is 7. The molecule has 2 N–H and O–H groups in total. The van der Waals surface area contributed by atoms with Crippen molar-refractivity contribution in [1.82, 2.24) is 20.7 Å². The number of hydrogen-bond donors (Lipinski definition) is 2. The van der Waals surface area contributed by atoms with Crippen molar-refractivity contribution in [2.24, 2.45) is 0 Å². The van der Waals surface area contributed by atoms with Gasteiger partial charge in [-0.25, -0.2) is 5.01 Å². The monoisotopic (exact) mass is 568 g/mol. The van der Waals surface area contributed by atoms with Crippen LogP contribution in [-0.2, 0) is 35.3 Å². The van der Waals surface area contributed by atoms with Crippen molar-refractivity contribution in [1.29, 1.82) is 0 Å². The van der Waals surface area contributed by atoms with Crippen LogP contribution in [0.4, 0.5) is 0 Å². The minimum atomic E-state index is -1.02. The molecule has 0 saturated carbocycles. The molecule has 12 heteroatoms. The van der Waals surface area contributed by atoms with Gasteiger partial charge < -0.3 is 20.1 Å². The van der Waals surface area contributed by atoms with Gasteiger partial charge in [0.1, 0.15) is 18.1 Å². The fourth-order valence-electron chi connectivity index (χ4n) is 5.11. The zero-order valence-corrected chi connectivity index (χ0v) is 22.3. The lowest BCUT2D eigenvalue weighted by Crippen LogP contribution is -2.64. The van der Waals surface area contributed by atoms with E-state index in [0.29, 0.717) is 17.9 Å². The molecule has 3 aliphatic rings. The van der Waals surface area contributed by atoms with Crippen LogP contribution in [0, 0.1) is 0 Å². The summed E-state index contributed by atoms with van der Waals surface area (Å²) in [7, 11) is 0. The van der Waals surface area contributed by atoms with Crippen LogP contribution in [-0.4, -0.2) is 70.6 Å². The normalized spacial score (nSPS) is 24.7. The first-order valence-corrected chi connectivity index (χ1v) is 13.5. The number of hydrogen-bond acceptors (Lipinski definition) is 7. The van der Waals surface area contributed by atoms with Crippen LogP contribution in [0.15, 0.2) is 54.6 Å². The first-order chi connectivity index (χ1) is 19.3. The highest BCUT2D eigenvalue weighted by Gasteiger charge is 2.46. The van der Waals surface area contributed by atoms with Gasteiger partial charge >= 0.3 is 5.97 Å². The standard InChI is InChI=1S/C28H29ClN4O7/c29-19-9-4-8-18(14-19)25(36)30-20-11-12-23(34)32-13-5-10-22(33(32)27(20)38)26(37)31-21-15-24(35)40-28(21)39-16-17-6-2-1-3-7-17/h1-4,6-9,14,20-22,28H,5,10-13,15-16H2,(H,30,36)(H,31,37)/t20-,21-,22-,28?/m0/s1. The topological polar surface area (TPSA) is 134 Å². The average molecular weight is 569 g/mol. The zero-order chi connectivity index (χ0) is 28.2. The Kier molecular flexibility index (Phi) is 8.32. The molecule has 40 heavy (non-hydrogen) atoms. The van der Waals surface area contributed by atoms with E-state index in [4.69, 9.17) is 21.1 Å². The molecule has 4 atom stereocenters. The Labute approximate surface area is 235 Å². The smallest absolute Gasteiger partial charge is 0.310 e. The lowest BCUT2D eigenvalue weighted by Gasteiger charge is -2.43. The summed E-state index contributed by atoms with van der Waals surface area (Å²) in [4.78, 5) is 65.1. The third-order valence-electron chi connectivity index (χ3n) is 7.10. The van der Waals surface area contributed by atoms with Gasteiger partial charge in [-0.05, 0) is 43.0 Å². The van der Waals surface area contributed by atoms with E-state index in [-0.39, 0.29) is 43.9 Å². The Morgan fingerprint density at radius 2 is 1.82 bits per heavy atom. The van der Waals surface area contributed by atoms with Crippen LogP contribution < -0.4 is 10.6 Å². The molecule has 1 unspecified atom stereocenters. The van der Waals surface area contributed by atoms with E-state index in [2.05, 4.69) is 10.6 Å². The van der Waals surface area contributed by atoms with Gasteiger partial charge in [0.2, 0.25) is 18.1 Å². The van der Waals surface area contributed by atoms with E-state index in [1.165, 1.54) is 11.1 Å². The Morgan fingerprint density at radius 1 is 1.02 bits per heavy atom. The molecule has 2 aromatic carbocycles. The summed E-state index contributed by atoms with van der Waals surface area (Å²) in [6.07, 6.45) is -0.174. The van der Waals surface area contributed by atoms with Crippen LogP contribution in [0.25, 0.3) is 0 Å². The van der Waals surface area contributed by atoms with Crippen molar-refractivity contribution in [2.75, 3.05) is 6.54 Å². The second kappa shape index (κ2) is 12.1. The number of nitrogens with zero attached hydrogens (tertiary/aromatic N) is 2. The first kappa shape index (κ1) is 27.6. The largest absolute Gasteiger partial charge is 0.433 e. The molecule has 5 rings (SSSR count). The quantitative estimate of drug-likeness (QED) is 0.487. The fraction of sp³-hybridized carbons (Fsp3) is 0.393. The molecular formula is C28H29ClN4O7. The van der Waals surface area contributed by atoms with Gasteiger partial charge in [-0.2, -0.15) is 0 Å². The molecule has 210 valence electrons. The molecule has 4 amide bonds. The van der Waals surface area contributed by atoms with Gasteiger partial charge in [-0.15, -0.1) is 0 Å². The number of ether oxygens (including phenoxy) is 2. The van der Waals surface area contributed by atoms with Gasteiger partial charge in [-0.1, -0.05) is 48.0 Å². The number of carbonyl (C=O) groups excluding carboxylic acids is 5. The molecule has 0 bridgehead atoms. The van der Waals surface area contributed by atoms with Gasteiger partial charge in [-0.3, -0.25) is 29.0 Å². The highest BCUT2D eigenvalue weighted by Crippen LogP contribution is 2.26. The lowest BCUT2D eigenvalue weighted by molar-refractivity contribution is -0.177. The van der Waals surface area contributed by atoms with Crippen LogP contribution in [0.1, 0.15) is 48.0 Å². The van der Waals surface area contributed by atoms with Gasteiger partial charge in [0.05, 0.1) is 13.0 Å². The maximum Gasteiger partial charge on any atom is 0.310 e. The highest BCUT2D eigenvalue weighted by molar-refractivity contribution is 6.31. The van der Waals surface area contributed by atoms with Gasteiger partial charge in [0, 0.05) is 23.6 Å². The lowest BCUT2D eigenvalue weighted by atomic mass is 10.0. The number of carbonyl (C=O) groups is 5. The Hall–Kier alpha value is -3.96. The van der Waals surface area contributed by atoms with E-state index in [1.807, 2.05) is 30.3 Å². The van der Waals surface area contributed by atoms with Crippen molar-refractivity contribution in [3.63, 3.8) is 0 Å². The number of halogens is 1. The zero-order valence-electron chi connectivity index (χ0n) is 21.6. The summed E-state index contributed by atoms with van der Waals surface area (Å²) in [5, 5.41) is 8.32. The predicted molar refractivity (Wildman–Crippen MR) is 141 cm³/mol. The molecule has 0 radical (unpaired) electrons. The Balaban J connectivity index is 1.29. The predicted octanol–water partition coefficient (Wildman–Crippen LogP) is 1.94. The van der Waals surface area contributed by atoms with Crippen molar-refractivity contribution < 1.29 is 33.4 Å². The summed E-state index contributed by atoms with van der Waals surface area (Å²) in [5.41, 5.74) is 1.14. The molecule has 0 aliphatic carbocycles. The van der Waals surface area contributed by atoms with Crippen LogP contribution in [0.3, 0.4) is 0 Å². The third-order valence-corrected chi connectivity index (χ3v) is 7.34. The molecule has 3 heterocycles. The van der Waals surface area contributed by atoms with Gasteiger partial charge in [0.15, 0.2) is 0 Å². The van der Waals surface area contributed by atoms with Gasteiger partial charge in [0.25, 0.3) is 11.8 Å². The third kappa shape index (κ3) is 6.10. The second-order valence-electron chi connectivity index (χ2n) is 9.91. The SMILES string of the molecule is O=C1C[C@H](NC(=O)[C@@H]2CCCN3C(=O)CC[C@H](NC(=O)c4cccc(Cl)c4)C(=O)N23)C(OCc2ccccc2)O1. The molecule has 0 aromatic heterocycles. The molecule has 0 spiro atoms. The molecule has 2 aromatic rings. The second-order valence-corrected chi connectivity index (χ2v) is 10.3. The summed E-state index contributed by atoms with van der Waals surface area (Å²) >= 11 is 6.00. The minimum Gasteiger partial charge on any atom is -0.433 e. The summed E-state index contributed by atoms with van der Waals surface area (Å²) < 4.78 is 11.1. The van der Waals surface area contributed by atoms with E-state index in [9.17, 15) is 24.0 Å². The number of hydrazine groups is 1. The van der Waals surface area contributed by atoms with E-state index in [0.717, 1.165) is 10.6 Å². The van der Waals surface area contributed by atoms with E-state index < -0.39 is 48.1 Å². The van der Waals surface area contributed by atoms with Crippen LogP contribution in [0.5, 0.6) is 0 Å².